The Bertz CT molecular complexity index is 886. The van der Waals surface area contributed by atoms with Crippen molar-refractivity contribution < 1.29 is 18.0 Å². The third kappa shape index (κ3) is 3.87. The Kier molecular flexibility index (Phi) is 4.58. The Hall–Kier alpha value is -2.68. The van der Waals surface area contributed by atoms with Crippen LogP contribution in [-0.4, -0.2) is 20.7 Å². The molecule has 3 aromatic rings. The molecule has 9 heteroatoms. The first-order valence-corrected chi connectivity index (χ1v) is 8.05. The molecule has 0 spiro atoms. The van der Waals surface area contributed by atoms with Crippen LogP contribution in [0.25, 0.3) is 10.6 Å². The van der Waals surface area contributed by atoms with Gasteiger partial charge in [-0.25, -0.2) is 0 Å². The smallest absolute Gasteiger partial charge is 0.347 e. The molecule has 3 heterocycles. The number of carbonyl (C=O) groups excluding carboxylic acids is 1. The van der Waals surface area contributed by atoms with Crippen molar-refractivity contribution in [2.45, 2.75) is 12.7 Å². The second-order valence-electron chi connectivity index (χ2n) is 5.24. The van der Waals surface area contributed by atoms with E-state index in [0.717, 1.165) is 27.6 Å². The molecule has 0 fully saturated rings. The summed E-state index contributed by atoms with van der Waals surface area (Å²) in [6, 6.07) is 7.74. The van der Waals surface area contributed by atoms with E-state index < -0.39 is 11.9 Å². The maximum atomic E-state index is 12.8. The second-order valence-corrected chi connectivity index (χ2v) is 6.33. The highest BCUT2D eigenvalue weighted by Gasteiger charge is 2.35. The van der Waals surface area contributed by atoms with Gasteiger partial charge in [-0.3, -0.25) is 14.5 Å². The number of hydrogen-bond acceptors (Lipinski definition) is 4. The molecule has 0 aliphatic heterocycles. The Balaban J connectivity index is 1.73. The van der Waals surface area contributed by atoms with Crippen LogP contribution in [0.2, 0.25) is 0 Å². The topological polar surface area (TPSA) is 59.8 Å². The van der Waals surface area contributed by atoms with Crippen molar-refractivity contribution in [1.29, 1.82) is 0 Å². The standard InChI is InChI=1S/C16H13F3N4OS/c1-23-14(16(17,18)19)7-11(22-23)12-4-5-13(25-12)15(24)21-9-10-3-2-6-20-8-10/h2-8H,9H2,1H3,(H,21,24). The van der Waals surface area contributed by atoms with Crippen LogP contribution in [0.5, 0.6) is 0 Å². The highest BCUT2D eigenvalue weighted by molar-refractivity contribution is 7.17. The first-order valence-electron chi connectivity index (χ1n) is 7.23. The minimum atomic E-state index is -4.47. The fourth-order valence-corrected chi connectivity index (χ4v) is 3.10. The number of pyridine rings is 1. The molecular formula is C16H13F3N4OS. The molecule has 0 aliphatic rings. The van der Waals surface area contributed by atoms with Crippen LogP contribution in [0.15, 0.2) is 42.7 Å². The van der Waals surface area contributed by atoms with E-state index in [-0.39, 0.29) is 11.6 Å². The molecule has 25 heavy (non-hydrogen) atoms. The molecule has 0 aliphatic carbocycles. The zero-order valence-electron chi connectivity index (χ0n) is 13.0. The van der Waals surface area contributed by atoms with E-state index in [0.29, 0.717) is 16.3 Å². The predicted molar refractivity (Wildman–Crippen MR) is 86.9 cm³/mol. The van der Waals surface area contributed by atoms with E-state index in [4.69, 9.17) is 0 Å². The molecule has 0 saturated heterocycles. The van der Waals surface area contributed by atoms with Crippen molar-refractivity contribution in [3.8, 4) is 10.6 Å². The highest BCUT2D eigenvalue weighted by Crippen LogP contribution is 2.34. The van der Waals surface area contributed by atoms with Gasteiger partial charge in [-0.15, -0.1) is 11.3 Å². The highest BCUT2D eigenvalue weighted by atomic mass is 32.1. The van der Waals surface area contributed by atoms with Crippen molar-refractivity contribution >= 4 is 17.2 Å². The maximum absolute atomic E-state index is 12.8. The van der Waals surface area contributed by atoms with Crippen LogP contribution < -0.4 is 5.32 Å². The van der Waals surface area contributed by atoms with Crippen LogP contribution in [0.4, 0.5) is 13.2 Å². The van der Waals surface area contributed by atoms with Gasteiger partial charge in [-0.1, -0.05) is 6.07 Å². The SMILES string of the molecule is Cn1nc(-c2ccc(C(=O)NCc3cccnc3)s2)cc1C(F)(F)F. The van der Waals surface area contributed by atoms with Crippen LogP contribution in [0.1, 0.15) is 20.9 Å². The number of nitrogens with one attached hydrogen (secondary N) is 1. The third-order valence-corrected chi connectivity index (χ3v) is 4.53. The Morgan fingerprint density at radius 2 is 2.12 bits per heavy atom. The quantitative estimate of drug-likeness (QED) is 0.769. The molecule has 1 amide bonds. The molecule has 0 unspecified atom stereocenters. The van der Waals surface area contributed by atoms with Crippen molar-refractivity contribution in [1.82, 2.24) is 20.1 Å². The van der Waals surface area contributed by atoms with Gasteiger partial charge < -0.3 is 5.32 Å². The van der Waals surface area contributed by atoms with Gasteiger partial charge in [0.25, 0.3) is 5.91 Å². The molecule has 1 N–H and O–H groups in total. The van der Waals surface area contributed by atoms with Gasteiger partial charge in [0.2, 0.25) is 0 Å². The molecular weight excluding hydrogens is 353 g/mol. The molecule has 130 valence electrons. The summed E-state index contributed by atoms with van der Waals surface area (Å²) in [6.07, 6.45) is -1.19. The van der Waals surface area contributed by atoms with Gasteiger partial charge in [0, 0.05) is 26.0 Å². The summed E-state index contributed by atoms with van der Waals surface area (Å²) in [6.45, 7) is 0.321. The van der Waals surface area contributed by atoms with E-state index in [9.17, 15) is 18.0 Å². The molecule has 0 saturated carbocycles. The number of hydrogen-bond donors (Lipinski definition) is 1. The minimum Gasteiger partial charge on any atom is -0.347 e. The monoisotopic (exact) mass is 366 g/mol. The molecule has 0 aromatic carbocycles. The average Bonchev–Trinajstić information content (AvgIpc) is 3.19. The Morgan fingerprint density at radius 3 is 2.76 bits per heavy atom. The van der Waals surface area contributed by atoms with Crippen LogP contribution >= 0.6 is 11.3 Å². The van der Waals surface area contributed by atoms with E-state index in [1.165, 1.54) is 7.05 Å². The molecule has 0 bridgehead atoms. The fourth-order valence-electron chi connectivity index (χ4n) is 2.22. The first kappa shape index (κ1) is 17.2. The predicted octanol–water partition coefficient (Wildman–Crippen LogP) is 3.49. The molecule has 0 radical (unpaired) electrons. The number of thiophene rings is 1. The van der Waals surface area contributed by atoms with Gasteiger partial charge >= 0.3 is 6.18 Å². The number of nitrogens with zero attached hydrogens (tertiary/aromatic N) is 3. The molecule has 3 rings (SSSR count). The van der Waals surface area contributed by atoms with Crippen LogP contribution in [-0.2, 0) is 19.8 Å². The van der Waals surface area contributed by atoms with Gasteiger partial charge in [0.05, 0.1) is 9.75 Å². The lowest BCUT2D eigenvalue weighted by Gasteiger charge is -2.04. The lowest BCUT2D eigenvalue weighted by molar-refractivity contribution is -0.143. The molecule has 0 atom stereocenters. The van der Waals surface area contributed by atoms with E-state index in [1.807, 2.05) is 6.07 Å². The number of aryl methyl sites for hydroxylation is 1. The Labute approximate surface area is 145 Å². The van der Waals surface area contributed by atoms with Crippen molar-refractivity contribution in [2.75, 3.05) is 0 Å². The second kappa shape index (κ2) is 6.67. The summed E-state index contributed by atoms with van der Waals surface area (Å²) < 4.78 is 39.3. The van der Waals surface area contributed by atoms with Crippen LogP contribution in [0, 0.1) is 0 Å². The van der Waals surface area contributed by atoms with E-state index >= 15 is 0 Å². The number of alkyl halides is 3. The summed E-state index contributed by atoms with van der Waals surface area (Å²) in [5, 5.41) is 6.63. The zero-order chi connectivity index (χ0) is 18.0. The van der Waals surface area contributed by atoms with Crippen molar-refractivity contribution in [2.24, 2.45) is 7.05 Å². The number of amides is 1. The largest absolute Gasteiger partial charge is 0.433 e. The van der Waals surface area contributed by atoms with Gasteiger partial charge in [-0.05, 0) is 29.8 Å². The third-order valence-electron chi connectivity index (χ3n) is 3.43. The van der Waals surface area contributed by atoms with Gasteiger partial charge in [-0.2, -0.15) is 18.3 Å². The van der Waals surface area contributed by atoms with E-state index in [1.54, 1.807) is 30.6 Å². The lowest BCUT2D eigenvalue weighted by atomic mass is 10.3. The van der Waals surface area contributed by atoms with Gasteiger partial charge in [0.15, 0.2) is 0 Å². The minimum absolute atomic E-state index is 0.186. The Morgan fingerprint density at radius 1 is 1.32 bits per heavy atom. The number of aromatic nitrogens is 3. The van der Waals surface area contributed by atoms with E-state index in [2.05, 4.69) is 15.4 Å². The first-order chi connectivity index (χ1) is 11.8. The average molecular weight is 366 g/mol. The number of rotatable bonds is 4. The van der Waals surface area contributed by atoms with Crippen LogP contribution in [0.3, 0.4) is 0 Å². The number of halogens is 3. The lowest BCUT2D eigenvalue weighted by Crippen LogP contribution is -2.21. The molecule has 3 aromatic heterocycles. The van der Waals surface area contributed by atoms with Crippen molar-refractivity contribution in [3.05, 3.63) is 58.9 Å². The van der Waals surface area contributed by atoms with Crippen molar-refractivity contribution in [3.63, 3.8) is 0 Å². The fraction of sp³-hybridized carbons (Fsp3) is 0.188. The summed E-state index contributed by atoms with van der Waals surface area (Å²) >= 11 is 1.09. The zero-order valence-corrected chi connectivity index (χ0v) is 13.9. The number of carbonyl (C=O) groups is 1. The summed E-state index contributed by atoms with van der Waals surface area (Å²) in [4.78, 5) is 17.0. The normalized spacial score (nSPS) is 11.5. The summed E-state index contributed by atoms with van der Waals surface area (Å²) in [7, 11) is 1.24. The maximum Gasteiger partial charge on any atom is 0.433 e. The summed E-state index contributed by atoms with van der Waals surface area (Å²) in [5.74, 6) is -0.299. The summed E-state index contributed by atoms with van der Waals surface area (Å²) in [5.41, 5.74) is 0.205. The molecule has 5 nitrogen and oxygen atoms in total. The van der Waals surface area contributed by atoms with Gasteiger partial charge in [0.1, 0.15) is 11.4 Å².